The highest BCUT2D eigenvalue weighted by Gasteiger charge is 1.99. The smallest absolute Gasteiger partial charge is 0.151 e. The van der Waals surface area contributed by atoms with E-state index in [0.717, 1.165) is 23.1 Å². The van der Waals surface area contributed by atoms with Gasteiger partial charge < -0.3 is 0 Å². The number of aldehydes is 1. The van der Waals surface area contributed by atoms with E-state index in [-0.39, 0.29) is 0 Å². The minimum absolute atomic E-state index is 0.523. The van der Waals surface area contributed by atoms with Crippen LogP contribution in [-0.2, 0) is 0 Å². The second-order valence-electron chi connectivity index (χ2n) is 2.13. The lowest BCUT2D eigenvalue weighted by Crippen LogP contribution is -1.88. The molecular weight excluding hydrogens is 170 g/mol. The Morgan fingerprint density at radius 2 is 2.33 bits per heavy atom. The zero-order valence-electron chi connectivity index (χ0n) is 6.28. The lowest BCUT2D eigenvalue weighted by Gasteiger charge is -1.98. The molecule has 1 aromatic rings. The second kappa shape index (κ2) is 3.96. The maximum atomic E-state index is 10.5. The van der Waals surface area contributed by atoms with Crippen molar-refractivity contribution >= 4 is 18.2 Å². The molecule has 3 heteroatoms. The molecule has 2 N–H and O–H groups in total. The number of rotatable bonds is 2. The topological polar surface area (TPSA) is 43.1 Å². The van der Waals surface area contributed by atoms with Crippen LogP contribution in [0.2, 0.25) is 0 Å². The number of hydrogen-bond donors (Lipinski definition) is 1. The predicted octanol–water partition coefficient (Wildman–Crippen LogP) is 1.45. The molecule has 2 nitrogen and oxygen atoms in total. The number of nitrogens with two attached hydrogens (primary N) is 1. The highest BCUT2D eigenvalue weighted by atomic mass is 32.2. The van der Waals surface area contributed by atoms with Crippen LogP contribution in [0.5, 0.6) is 0 Å². The summed E-state index contributed by atoms with van der Waals surface area (Å²) in [6.07, 6.45) is 5.93. The molecule has 1 aromatic carbocycles. The summed E-state index contributed by atoms with van der Waals surface area (Å²) in [5.74, 6) is 2.42. The highest BCUT2D eigenvalue weighted by molar-refractivity contribution is 7.97. The van der Waals surface area contributed by atoms with Gasteiger partial charge in [-0.05, 0) is 30.1 Å². The lowest BCUT2D eigenvalue weighted by atomic mass is 10.1. The fourth-order valence-electron chi connectivity index (χ4n) is 0.836. The SMILES string of the molecule is C#Cc1cc(SN)ccc1C=O. The van der Waals surface area contributed by atoms with E-state index in [0.29, 0.717) is 11.1 Å². The molecular formula is C9H7NOS. The van der Waals surface area contributed by atoms with Gasteiger partial charge >= 0.3 is 0 Å². The maximum Gasteiger partial charge on any atom is 0.151 e. The van der Waals surface area contributed by atoms with Gasteiger partial charge in [0, 0.05) is 16.0 Å². The Bertz CT molecular complexity index is 341. The van der Waals surface area contributed by atoms with Crippen LogP contribution in [0.3, 0.4) is 0 Å². The quantitative estimate of drug-likeness (QED) is 0.422. The van der Waals surface area contributed by atoms with Crippen LogP contribution in [0.25, 0.3) is 0 Å². The standard InChI is InChI=1S/C9H7NOS/c1-2-7-5-9(12-10)4-3-8(7)6-11/h1,3-6H,10H2. The van der Waals surface area contributed by atoms with Crippen molar-refractivity contribution in [2.75, 3.05) is 0 Å². The molecule has 0 radical (unpaired) electrons. The van der Waals surface area contributed by atoms with E-state index < -0.39 is 0 Å². The molecule has 0 unspecified atom stereocenters. The molecule has 0 amide bonds. The van der Waals surface area contributed by atoms with Crippen LogP contribution in [-0.4, -0.2) is 6.29 Å². The first-order chi connectivity index (χ1) is 5.81. The van der Waals surface area contributed by atoms with Crippen molar-refractivity contribution < 1.29 is 4.79 Å². The second-order valence-corrected chi connectivity index (χ2v) is 2.84. The summed E-state index contributed by atoms with van der Waals surface area (Å²) in [7, 11) is 0. The zero-order valence-corrected chi connectivity index (χ0v) is 7.10. The molecule has 0 aliphatic heterocycles. The summed E-state index contributed by atoms with van der Waals surface area (Å²) in [6, 6.07) is 5.14. The van der Waals surface area contributed by atoms with Crippen LogP contribution >= 0.6 is 11.9 Å². The number of carbonyl (C=O) groups is 1. The molecule has 0 fully saturated rings. The van der Waals surface area contributed by atoms with Gasteiger partial charge in [0.1, 0.15) is 0 Å². The minimum atomic E-state index is 0.523. The average Bonchev–Trinajstić information content (AvgIpc) is 2.16. The van der Waals surface area contributed by atoms with Gasteiger partial charge in [-0.25, -0.2) is 0 Å². The van der Waals surface area contributed by atoms with Crippen LogP contribution in [0.1, 0.15) is 15.9 Å². The van der Waals surface area contributed by atoms with Gasteiger partial charge in [0.2, 0.25) is 0 Å². The van der Waals surface area contributed by atoms with Crippen LogP contribution in [0.15, 0.2) is 23.1 Å². The van der Waals surface area contributed by atoms with Gasteiger partial charge in [0.25, 0.3) is 0 Å². The summed E-state index contributed by atoms with van der Waals surface area (Å²) < 4.78 is 0. The van der Waals surface area contributed by atoms with E-state index in [2.05, 4.69) is 5.92 Å². The minimum Gasteiger partial charge on any atom is -0.298 e. The summed E-state index contributed by atoms with van der Waals surface area (Å²) in [5, 5.41) is 5.32. The fourth-order valence-corrected chi connectivity index (χ4v) is 1.17. The summed E-state index contributed by atoms with van der Waals surface area (Å²) in [4.78, 5) is 11.3. The van der Waals surface area contributed by atoms with E-state index in [1.165, 1.54) is 0 Å². The van der Waals surface area contributed by atoms with Gasteiger partial charge in [-0.1, -0.05) is 5.92 Å². The Morgan fingerprint density at radius 1 is 1.58 bits per heavy atom. The van der Waals surface area contributed by atoms with Gasteiger partial charge in [0.05, 0.1) is 0 Å². The molecule has 0 saturated carbocycles. The molecule has 0 aromatic heterocycles. The van der Waals surface area contributed by atoms with Gasteiger partial charge in [-0.3, -0.25) is 9.93 Å². The number of benzene rings is 1. The monoisotopic (exact) mass is 177 g/mol. The normalized spacial score (nSPS) is 9.00. The molecule has 0 bridgehead atoms. The van der Waals surface area contributed by atoms with Crippen LogP contribution in [0.4, 0.5) is 0 Å². The number of carbonyl (C=O) groups excluding carboxylic acids is 1. The fraction of sp³-hybridized carbons (Fsp3) is 0. The van der Waals surface area contributed by atoms with Crippen LogP contribution < -0.4 is 5.14 Å². The van der Waals surface area contributed by atoms with E-state index in [1.807, 2.05) is 0 Å². The average molecular weight is 177 g/mol. The van der Waals surface area contributed by atoms with Crippen molar-refractivity contribution in [3.8, 4) is 12.3 Å². The third-order valence-electron chi connectivity index (χ3n) is 1.44. The first-order valence-corrected chi connectivity index (χ1v) is 4.12. The van der Waals surface area contributed by atoms with E-state index in [1.54, 1.807) is 18.2 Å². The van der Waals surface area contributed by atoms with E-state index >= 15 is 0 Å². The maximum absolute atomic E-state index is 10.5. The first-order valence-electron chi connectivity index (χ1n) is 3.24. The lowest BCUT2D eigenvalue weighted by molar-refractivity contribution is 0.112. The third kappa shape index (κ3) is 1.67. The van der Waals surface area contributed by atoms with Crippen molar-refractivity contribution in [1.29, 1.82) is 0 Å². The summed E-state index contributed by atoms with van der Waals surface area (Å²) >= 11 is 1.11. The highest BCUT2D eigenvalue weighted by Crippen LogP contribution is 2.15. The molecule has 60 valence electrons. The zero-order chi connectivity index (χ0) is 8.97. The van der Waals surface area contributed by atoms with Crippen molar-refractivity contribution in [3.63, 3.8) is 0 Å². The molecule has 0 saturated heterocycles. The molecule has 0 atom stereocenters. The molecule has 12 heavy (non-hydrogen) atoms. The molecule has 1 rings (SSSR count). The predicted molar refractivity (Wildman–Crippen MR) is 49.8 cm³/mol. The Labute approximate surface area is 75.3 Å². The Balaban J connectivity index is 3.22. The van der Waals surface area contributed by atoms with E-state index in [4.69, 9.17) is 11.6 Å². The summed E-state index contributed by atoms with van der Waals surface area (Å²) in [5.41, 5.74) is 1.11. The van der Waals surface area contributed by atoms with Crippen LogP contribution in [0, 0.1) is 12.3 Å². The number of hydrogen-bond acceptors (Lipinski definition) is 3. The Hall–Kier alpha value is -1.24. The third-order valence-corrected chi connectivity index (χ3v) is 1.97. The van der Waals surface area contributed by atoms with Gasteiger partial charge in [0.15, 0.2) is 6.29 Å². The van der Waals surface area contributed by atoms with Gasteiger partial charge in [-0.2, -0.15) is 0 Å². The largest absolute Gasteiger partial charge is 0.298 e. The number of terminal acetylenes is 1. The van der Waals surface area contributed by atoms with Crippen molar-refractivity contribution in [3.05, 3.63) is 29.3 Å². The van der Waals surface area contributed by atoms with Crippen molar-refractivity contribution in [2.45, 2.75) is 4.90 Å². The molecule has 0 aliphatic rings. The molecule has 0 spiro atoms. The van der Waals surface area contributed by atoms with Crippen molar-refractivity contribution in [1.82, 2.24) is 0 Å². The van der Waals surface area contributed by atoms with E-state index in [9.17, 15) is 4.79 Å². The summed E-state index contributed by atoms with van der Waals surface area (Å²) in [6.45, 7) is 0. The molecule has 0 aliphatic carbocycles. The molecule has 0 heterocycles. The first kappa shape index (κ1) is 8.85. The van der Waals surface area contributed by atoms with Crippen molar-refractivity contribution in [2.24, 2.45) is 5.14 Å². The Kier molecular flexibility index (Phi) is 2.92. The Morgan fingerprint density at radius 3 is 2.83 bits per heavy atom. The van der Waals surface area contributed by atoms with Gasteiger partial charge in [-0.15, -0.1) is 6.42 Å².